The summed E-state index contributed by atoms with van der Waals surface area (Å²) in [6, 6.07) is 12.0. The Morgan fingerprint density at radius 3 is 2.62 bits per heavy atom. The van der Waals surface area contributed by atoms with Gasteiger partial charge in [-0.2, -0.15) is 0 Å². The van der Waals surface area contributed by atoms with Gasteiger partial charge >= 0.3 is 0 Å². The van der Waals surface area contributed by atoms with Gasteiger partial charge in [-0.3, -0.25) is 9.78 Å². The first-order valence-electron chi connectivity index (χ1n) is 8.23. The Hall–Kier alpha value is -2.82. The first kappa shape index (κ1) is 16.1. The summed E-state index contributed by atoms with van der Waals surface area (Å²) in [6.07, 6.45) is 5.81. The molecule has 0 atom stereocenters. The second-order valence-corrected chi connectivity index (χ2v) is 5.79. The van der Waals surface area contributed by atoms with Crippen LogP contribution in [0.5, 0.6) is 0 Å². The minimum atomic E-state index is -0.206. The molecule has 5 nitrogen and oxygen atoms in total. The summed E-state index contributed by atoms with van der Waals surface area (Å²) in [4.78, 5) is 18.5. The lowest BCUT2D eigenvalue weighted by atomic mass is 10.2. The molecule has 1 aliphatic heterocycles. The summed E-state index contributed by atoms with van der Waals surface area (Å²) in [5.41, 5.74) is 3.47. The van der Waals surface area contributed by atoms with Gasteiger partial charge in [-0.1, -0.05) is 6.08 Å². The van der Waals surface area contributed by atoms with Crippen molar-refractivity contribution in [2.24, 2.45) is 0 Å². The largest absolute Gasteiger partial charge is 0.372 e. The fraction of sp³-hybridized carbons (Fsp3) is 0.263. The maximum atomic E-state index is 11.9. The number of hydrogen-bond donors (Lipinski definition) is 2. The average molecular weight is 322 g/mol. The van der Waals surface area contributed by atoms with Crippen LogP contribution < -0.4 is 15.5 Å². The number of hydrogen-bond acceptors (Lipinski definition) is 4. The maximum Gasteiger partial charge on any atom is 0.270 e. The highest BCUT2D eigenvalue weighted by Crippen LogP contribution is 2.24. The number of pyridine rings is 1. The number of anilines is 3. The van der Waals surface area contributed by atoms with E-state index in [1.807, 2.05) is 6.07 Å². The lowest BCUT2D eigenvalue weighted by Crippen LogP contribution is -2.24. The summed E-state index contributed by atoms with van der Waals surface area (Å²) in [5, 5.41) is 6.04. The fourth-order valence-electron chi connectivity index (χ4n) is 2.79. The second kappa shape index (κ2) is 7.64. The zero-order valence-corrected chi connectivity index (χ0v) is 13.7. The zero-order chi connectivity index (χ0) is 16.8. The molecule has 0 spiro atoms. The molecule has 1 fully saturated rings. The second-order valence-electron chi connectivity index (χ2n) is 5.79. The Labute approximate surface area is 142 Å². The van der Waals surface area contributed by atoms with E-state index in [2.05, 4.69) is 51.4 Å². The molecular weight excluding hydrogens is 300 g/mol. The van der Waals surface area contributed by atoms with Gasteiger partial charge in [-0.25, -0.2) is 0 Å². The number of rotatable bonds is 6. The van der Waals surface area contributed by atoms with Crippen LogP contribution in [0.1, 0.15) is 23.3 Å². The normalized spacial score (nSPS) is 13.6. The third-order valence-corrected chi connectivity index (χ3v) is 4.03. The van der Waals surface area contributed by atoms with Crippen LogP contribution >= 0.6 is 0 Å². The van der Waals surface area contributed by atoms with Crippen LogP contribution in [-0.4, -0.2) is 30.5 Å². The molecule has 1 aromatic heterocycles. The molecule has 124 valence electrons. The van der Waals surface area contributed by atoms with E-state index in [1.165, 1.54) is 18.5 Å². The molecule has 5 heteroatoms. The highest BCUT2D eigenvalue weighted by Gasteiger charge is 2.12. The topological polar surface area (TPSA) is 57.3 Å². The third kappa shape index (κ3) is 3.93. The number of aromatic nitrogens is 1. The molecule has 2 heterocycles. The van der Waals surface area contributed by atoms with Crippen molar-refractivity contribution >= 4 is 23.0 Å². The summed E-state index contributed by atoms with van der Waals surface area (Å²) in [5.74, 6) is -0.206. The average Bonchev–Trinajstić information content (AvgIpc) is 3.15. The van der Waals surface area contributed by atoms with Crippen LogP contribution in [0.3, 0.4) is 0 Å². The van der Waals surface area contributed by atoms with E-state index in [-0.39, 0.29) is 5.91 Å². The van der Waals surface area contributed by atoms with Gasteiger partial charge in [-0.15, -0.1) is 6.58 Å². The van der Waals surface area contributed by atoms with E-state index in [0.29, 0.717) is 12.2 Å². The molecule has 2 aromatic rings. The summed E-state index contributed by atoms with van der Waals surface area (Å²) in [6.45, 7) is 6.29. The van der Waals surface area contributed by atoms with E-state index in [4.69, 9.17) is 0 Å². The molecular formula is C19H22N4O. The van der Waals surface area contributed by atoms with Crippen LogP contribution in [0.4, 0.5) is 17.1 Å². The van der Waals surface area contributed by atoms with Gasteiger partial charge in [0.1, 0.15) is 5.69 Å². The molecule has 1 saturated heterocycles. The lowest BCUT2D eigenvalue weighted by Gasteiger charge is -2.18. The molecule has 0 saturated carbocycles. The Balaban J connectivity index is 1.67. The van der Waals surface area contributed by atoms with Crippen LogP contribution in [0.15, 0.2) is 55.3 Å². The van der Waals surface area contributed by atoms with Crippen molar-refractivity contribution in [2.45, 2.75) is 12.8 Å². The molecule has 1 aromatic carbocycles. The third-order valence-electron chi connectivity index (χ3n) is 4.03. The van der Waals surface area contributed by atoms with E-state index < -0.39 is 0 Å². The van der Waals surface area contributed by atoms with Crippen LogP contribution in [0.25, 0.3) is 0 Å². The Bertz CT molecular complexity index is 706. The molecule has 0 bridgehead atoms. The fourth-order valence-corrected chi connectivity index (χ4v) is 2.79. The zero-order valence-electron chi connectivity index (χ0n) is 13.7. The Morgan fingerprint density at radius 2 is 1.92 bits per heavy atom. The molecule has 2 N–H and O–H groups in total. The van der Waals surface area contributed by atoms with Gasteiger partial charge in [0.2, 0.25) is 0 Å². The number of nitrogens with one attached hydrogen (secondary N) is 2. The van der Waals surface area contributed by atoms with Crippen LogP contribution in [0.2, 0.25) is 0 Å². The lowest BCUT2D eigenvalue weighted by molar-refractivity contribution is 0.0953. The van der Waals surface area contributed by atoms with Crippen molar-refractivity contribution in [2.75, 3.05) is 29.9 Å². The molecule has 1 aliphatic rings. The maximum absolute atomic E-state index is 11.9. The van der Waals surface area contributed by atoms with Gasteiger partial charge in [0, 0.05) is 42.9 Å². The predicted octanol–water partition coefficient (Wildman–Crippen LogP) is 3.34. The monoisotopic (exact) mass is 322 g/mol. The predicted molar refractivity (Wildman–Crippen MR) is 97.9 cm³/mol. The van der Waals surface area contributed by atoms with Gasteiger partial charge in [-0.05, 0) is 49.2 Å². The highest BCUT2D eigenvalue weighted by atomic mass is 16.1. The van der Waals surface area contributed by atoms with Crippen LogP contribution in [-0.2, 0) is 0 Å². The van der Waals surface area contributed by atoms with Gasteiger partial charge < -0.3 is 15.5 Å². The van der Waals surface area contributed by atoms with Crippen molar-refractivity contribution < 1.29 is 4.79 Å². The summed E-state index contributed by atoms with van der Waals surface area (Å²) < 4.78 is 0. The molecule has 0 radical (unpaired) electrons. The van der Waals surface area contributed by atoms with E-state index >= 15 is 0 Å². The molecule has 24 heavy (non-hydrogen) atoms. The van der Waals surface area contributed by atoms with E-state index in [0.717, 1.165) is 24.5 Å². The SMILES string of the molecule is C=CCNC(=O)c1cc(Nc2ccc(N3CCCC3)cc2)ccn1. The summed E-state index contributed by atoms with van der Waals surface area (Å²) >= 11 is 0. The van der Waals surface area contributed by atoms with Gasteiger partial charge in [0.05, 0.1) is 0 Å². The minimum absolute atomic E-state index is 0.206. The first-order chi connectivity index (χ1) is 11.8. The molecule has 3 rings (SSSR count). The minimum Gasteiger partial charge on any atom is -0.372 e. The number of nitrogens with zero attached hydrogens (tertiary/aromatic N) is 2. The number of benzene rings is 1. The van der Waals surface area contributed by atoms with Crippen molar-refractivity contribution in [1.29, 1.82) is 0 Å². The summed E-state index contributed by atoms with van der Waals surface area (Å²) in [7, 11) is 0. The smallest absolute Gasteiger partial charge is 0.270 e. The Kier molecular flexibility index (Phi) is 5.11. The Morgan fingerprint density at radius 1 is 1.17 bits per heavy atom. The van der Waals surface area contributed by atoms with Crippen molar-refractivity contribution in [3.8, 4) is 0 Å². The van der Waals surface area contributed by atoms with E-state index in [1.54, 1.807) is 18.3 Å². The van der Waals surface area contributed by atoms with E-state index in [9.17, 15) is 4.79 Å². The first-order valence-corrected chi connectivity index (χ1v) is 8.23. The molecule has 0 aliphatic carbocycles. The number of carbonyl (C=O) groups is 1. The molecule has 0 unspecified atom stereocenters. The van der Waals surface area contributed by atoms with Gasteiger partial charge in [0.25, 0.3) is 5.91 Å². The van der Waals surface area contributed by atoms with Crippen molar-refractivity contribution in [1.82, 2.24) is 10.3 Å². The van der Waals surface area contributed by atoms with Crippen molar-refractivity contribution in [3.05, 3.63) is 60.9 Å². The number of carbonyl (C=O) groups excluding carboxylic acids is 1. The van der Waals surface area contributed by atoms with Crippen molar-refractivity contribution in [3.63, 3.8) is 0 Å². The quantitative estimate of drug-likeness (QED) is 0.801. The number of amides is 1. The molecule has 1 amide bonds. The van der Waals surface area contributed by atoms with Crippen LogP contribution in [0, 0.1) is 0 Å². The highest BCUT2D eigenvalue weighted by molar-refractivity contribution is 5.93. The standard InChI is InChI=1S/C19H22N4O/c1-2-10-21-19(24)18-14-16(9-11-20-18)22-15-5-7-17(8-6-15)23-12-3-4-13-23/h2,5-9,11,14H,1,3-4,10,12-13H2,(H,20,22)(H,21,24). The van der Waals surface area contributed by atoms with Gasteiger partial charge in [0.15, 0.2) is 0 Å².